The van der Waals surface area contributed by atoms with E-state index in [0.717, 1.165) is 4.47 Å². The number of amides is 1. The average molecular weight is 344 g/mol. The Balaban J connectivity index is 3.06. The summed E-state index contributed by atoms with van der Waals surface area (Å²) in [4.78, 5) is 18.7. The maximum Gasteiger partial charge on any atom is 0.257 e. The Morgan fingerprint density at radius 1 is 1.55 bits per heavy atom. The number of aliphatic hydroxyl groups is 1. The SMILES string of the molecule is CCNc1ncc(Br)cc1C(=O)N(CCCO)C(C)C. The van der Waals surface area contributed by atoms with Crippen LogP contribution in [0.3, 0.4) is 0 Å². The van der Waals surface area contributed by atoms with Crippen molar-refractivity contribution in [2.75, 3.05) is 25.0 Å². The van der Waals surface area contributed by atoms with Crippen molar-refractivity contribution in [1.82, 2.24) is 9.88 Å². The first kappa shape index (κ1) is 16.9. The van der Waals surface area contributed by atoms with Gasteiger partial charge in [0, 0.05) is 36.4 Å². The number of carbonyl (C=O) groups excluding carboxylic acids is 1. The molecule has 0 saturated heterocycles. The van der Waals surface area contributed by atoms with E-state index in [0.29, 0.717) is 30.9 Å². The van der Waals surface area contributed by atoms with Crippen molar-refractivity contribution in [2.24, 2.45) is 0 Å². The molecule has 1 amide bonds. The van der Waals surface area contributed by atoms with Crippen LogP contribution in [0.4, 0.5) is 5.82 Å². The van der Waals surface area contributed by atoms with Gasteiger partial charge in [-0.15, -0.1) is 0 Å². The molecule has 1 aromatic heterocycles. The fraction of sp³-hybridized carbons (Fsp3) is 0.571. The van der Waals surface area contributed by atoms with Crippen LogP contribution in [0.15, 0.2) is 16.7 Å². The standard InChI is InChI=1S/C14H22BrN3O2/c1-4-16-13-12(8-11(15)9-17-13)14(20)18(10(2)3)6-5-7-19/h8-10,19H,4-7H2,1-3H3,(H,16,17). The molecule has 0 unspecified atom stereocenters. The quantitative estimate of drug-likeness (QED) is 0.798. The van der Waals surface area contributed by atoms with Gasteiger partial charge in [0.1, 0.15) is 5.82 Å². The molecular weight excluding hydrogens is 322 g/mol. The molecule has 20 heavy (non-hydrogen) atoms. The number of carbonyl (C=O) groups is 1. The van der Waals surface area contributed by atoms with E-state index in [2.05, 4.69) is 26.2 Å². The smallest absolute Gasteiger partial charge is 0.257 e. The lowest BCUT2D eigenvalue weighted by Crippen LogP contribution is -2.38. The van der Waals surface area contributed by atoms with E-state index in [1.807, 2.05) is 20.8 Å². The number of halogens is 1. The van der Waals surface area contributed by atoms with Crippen molar-refractivity contribution >= 4 is 27.7 Å². The third-order valence-corrected chi connectivity index (χ3v) is 3.30. The summed E-state index contributed by atoms with van der Waals surface area (Å²) in [5.41, 5.74) is 0.549. The van der Waals surface area contributed by atoms with Crippen molar-refractivity contribution in [3.63, 3.8) is 0 Å². The van der Waals surface area contributed by atoms with Gasteiger partial charge in [0.05, 0.1) is 5.56 Å². The number of nitrogens with one attached hydrogen (secondary N) is 1. The normalized spacial score (nSPS) is 10.7. The van der Waals surface area contributed by atoms with Gasteiger partial charge in [-0.3, -0.25) is 4.79 Å². The number of pyridine rings is 1. The minimum atomic E-state index is -0.0711. The molecule has 0 radical (unpaired) electrons. The minimum Gasteiger partial charge on any atom is -0.396 e. The highest BCUT2D eigenvalue weighted by Gasteiger charge is 2.22. The summed E-state index contributed by atoms with van der Waals surface area (Å²) in [5.74, 6) is 0.522. The Bertz CT molecular complexity index is 452. The van der Waals surface area contributed by atoms with E-state index in [1.165, 1.54) is 0 Å². The van der Waals surface area contributed by atoms with Crippen molar-refractivity contribution in [3.8, 4) is 0 Å². The number of hydrogen-bond donors (Lipinski definition) is 2. The molecule has 6 heteroatoms. The molecular formula is C14H22BrN3O2. The molecule has 0 fully saturated rings. The van der Waals surface area contributed by atoms with Crippen LogP contribution in [0.1, 0.15) is 37.6 Å². The number of aromatic nitrogens is 1. The molecule has 2 N–H and O–H groups in total. The second-order valence-corrected chi connectivity index (χ2v) is 5.67. The van der Waals surface area contributed by atoms with Gasteiger partial charge < -0.3 is 15.3 Å². The van der Waals surface area contributed by atoms with Crippen LogP contribution in [0.2, 0.25) is 0 Å². The Hall–Kier alpha value is -1.14. The molecule has 0 aliphatic carbocycles. The second kappa shape index (κ2) is 8.21. The molecule has 0 bridgehead atoms. The van der Waals surface area contributed by atoms with Crippen molar-refractivity contribution in [2.45, 2.75) is 33.2 Å². The molecule has 0 aromatic carbocycles. The Kier molecular flexibility index (Phi) is 6.95. The van der Waals surface area contributed by atoms with Gasteiger partial charge in [-0.2, -0.15) is 0 Å². The summed E-state index contributed by atoms with van der Waals surface area (Å²) in [6.45, 7) is 7.21. The fourth-order valence-electron chi connectivity index (χ4n) is 1.90. The molecule has 0 aliphatic heterocycles. The van der Waals surface area contributed by atoms with E-state index < -0.39 is 0 Å². The lowest BCUT2D eigenvalue weighted by molar-refractivity contribution is 0.0693. The largest absolute Gasteiger partial charge is 0.396 e. The van der Waals surface area contributed by atoms with Gasteiger partial charge in [-0.25, -0.2) is 4.98 Å². The molecule has 0 saturated carbocycles. The van der Waals surface area contributed by atoms with Gasteiger partial charge >= 0.3 is 0 Å². The first-order chi connectivity index (χ1) is 9.51. The Morgan fingerprint density at radius 2 is 2.25 bits per heavy atom. The average Bonchev–Trinajstić information content (AvgIpc) is 2.41. The monoisotopic (exact) mass is 343 g/mol. The van der Waals surface area contributed by atoms with Gasteiger partial charge in [-0.05, 0) is 49.2 Å². The molecule has 1 heterocycles. The summed E-state index contributed by atoms with van der Waals surface area (Å²) in [6.07, 6.45) is 2.24. The molecule has 5 nitrogen and oxygen atoms in total. The highest BCUT2D eigenvalue weighted by molar-refractivity contribution is 9.10. The van der Waals surface area contributed by atoms with E-state index in [-0.39, 0.29) is 18.6 Å². The zero-order chi connectivity index (χ0) is 15.1. The predicted molar refractivity (Wildman–Crippen MR) is 84.0 cm³/mol. The lowest BCUT2D eigenvalue weighted by Gasteiger charge is -2.27. The third-order valence-electron chi connectivity index (χ3n) is 2.87. The molecule has 112 valence electrons. The van der Waals surface area contributed by atoms with E-state index >= 15 is 0 Å². The Morgan fingerprint density at radius 3 is 2.80 bits per heavy atom. The van der Waals surface area contributed by atoms with Crippen molar-refractivity contribution < 1.29 is 9.90 Å². The summed E-state index contributed by atoms with van der Waals surface area (Å²) < 4.78 is 0.772. The molecule has 0 spiro atoms. The van der Waals surface area contributed by atoms with Crippen LogP contribution < -0.4 is 5.32 Å². The number of anilines is 1. The van der Waals surface area contributed by atoms with E-state index in [9.17, 15) is 4.79 Å². The molecule has 0 aliphatic rings. The summed E-state index contributed by atoms with van der Waals surface area (Å²) >= 11 is 3.35. The van der Waals surface area contributed by atoms with Crippen molar-refractivity contribution in [3.05, 3.63) is 22.3 Å². The summed E-state index contributed by atoms with van der Waals surface area (Å²) in [5, 5.41) is 12.1. The van der Waals surface area contributed by atoms with Gasteiger partial charge in [0.2, 0.25) is 0 Å². The summed E-state index contributed by atoms with van der Waals surface area (Å²) in [7, 11) is 0. The number of aliphatic hydroxyl groups excluding tert-OH is 1. The first-order valence-corrected chi connectivity index (χ1v) is 7.61. The number of hydrogen-bond acceptors (Lipinski definition) is 4. The van der Waals surface area contributed by atoms with Crippen LogP contribution in [0.25, 0.3) is 0 Å². The maximum atomic E-state index is 12.7. The van der Waals surface area contributed by atoms with Gasteiger partial charge in [-0.1, -0.05) is 0 Å². The van der Waals surface area contributed by atoms with Gasteiger partial charge in [0.15, 0.2) is 0 Å². The van der Waals surface area contributed by atoms with Crippen LogP contribution in [0, 0.1) is 0 Å². The van der Waals surface area contributed by atoms with Crippen LogP contribution in [-0.4, -0.2) is 46.6 Å². The highest BCUT2D eigenvalue weighted by atomic mass is 79.9. The zero-order valence-corrected chi connectivity index (χ0v) is 13.8. The van der Waals surface area contributed by atoms with E-state index in [1.54, 1.807) is 17.2 Å². The highest BCUT2D eigenvalue weighted by Crippen LogP contribution is 2.21. The minimum absolute atomic E-state index is 0.0711. The van der Waals surface area contributed by atoms with E-state index in [4.69, 9.17) is 5.11 Å². The molecule has 0 atom stereocenters. The number of nitrogens with zero attached hydrogens (tertiary/aromatic N) is 2. The summed E-state index contributed by atoms with van der Waals surface area (Å²) in [6, 6.07) is 1.85. The predicted octanol–water partition coefficient (Wildman–Crippen LogP) is 2.51. The van der Waals surface area contributed by atoms with Crippen LogP contribution in [-0.2, 0) is 0 Å². The third kappa shape index (κ3) is 4.45. The fourth-order valence-corrected chi connectivity index (χ4v) is 2.23. The zero-order valence-electron chi connectivity index (χ0n) is 12.2. The maximum absolute atomic E-state index is 12.7. The second-order valence-electron chi connectivity index (χ2n) is 4.75. The van der Waals surface area contributed by atoms with Gasteiger partial charge in [0.25, 0.3) is 5.91 Å². The molecule has 1 rings (SSSR count). The Labute approximate surface area is 128 Å². The van der Waals surface area contributed by atoms with Crippen LogP contribution >= 0.6 is 15.9 Å². The first-order valence-electron chi connectivity index (χ1n) is 6.82. The number of rotatable bonds is 7. The molecule has 1 aromatic rings. The lowest BCUT2D eigenvalue weighted by atomic mass is 10.2. The topological polar surface area (TPSA) is 65.5 Å². The van der Waals surface area contributed by atoms with Crippen molar-refractivity contribution in [1.29, 1.82) is 0 Å². The van der Waals surface area contributed by atoms with Crippen LogP contribution in [0.5, 0.6) is 0 Å².